The molecule has 1 atom stereocenters. The van der Waals surface area contributed by atoms with Gasteiger partial charge in [0.05, 0.1) is 12.7 Å². The Morgan fingerprint density at radius 1 is 1.13 bits per heavy atom. The molecule has 206 valence electrons. The largest absolute Gasteiger partial charge is 0.469 e. The van der Waals surface area contributed by atoms with Gasteiger partial charge < -0.3 is 24.8 Å². The molecule has 2 aromatic carbocycles. The molecule has 0 radical (unpaired) electrons. The highest BCUT2D eigenvalue weighted by atomic mass is 31.2. The van der Waals surface area contributed by atoms with Crippen LogP contribution in [0.5, 0.6) is 0 Å². The molecule has 1 heterocycles. The first-order valence-corrected chi connectivity index (χ1v) is 14.5. The maximum atomic E-state index is 11.2. The van der Waals surface area contributed by atoms with Crippen LogP contribution in [0, 0.1) is 23.2 Å². The van der Waals surface area contributed by atoms with E-state index in [9.17, 15) is 9.67 Å². The molecule has 1 unspecified atom stereocenters. The van der Waals surface area contributed by atoms with Crippen LogP contribution in [0.3, 0.4) is 0 Å². The Kier molecular flexibility index (Phi) is 11.5. The van der Waals surface area contributed by atoms with E-state index in [1.807, 2.05) is 38.1 Å². The Balaban J connectivity index is 0.00000205. The van der Waals surface area contributed by atoms with Gasteiger partial charge in [-0.15, -0.1) is 0 Å². The fourth-order valence-electron chi connectivity index (χ4n) is 4.36. The molecule has 1 aliphatic rings. The zero-order valence-electron chi connectivity index (χ0n) is 22.2. The Morgan fingerprint density at radius 3 is 2.36 bits per heavy atom. The van der Waals surface area contributed by atoms with Gasteiger partial charge in [-0.3, -0.25) is 4.52 Å². The lowest BCUT2D eigenvalue weighted by Crippen LogP contribution is -2.40. The number of rotatable bonds is 10. The maximum Gasteiger partial charge on any atom is 0.469 e. The van der Waals surface area contributed by atoms with Crippen LogP contribution in [0.15, 0.2) is 60.9 Å². The number of phosphoric acid groups is 1. The minimum absolute atomic E-state index is 0.320. The molecule has 1 saturated carbocycles. The molecule has 1 aliphatic carbocycles. The highest BCUT2D eigenvalue weighted by Gasteiger charge is 2.29. The number of phosphoric ester groups is 1. The van der Waals surface area contributed by atoms with Crippen molar-refractivity contribution in [3.8, 4) is 29.0 Å². The van der Waals surface area contributed by atoms with Crippen LogP contribution in [0.4, 0.5) is 0 Å². The minimum Gasteiger partial charge on any atom is -0.388 e. The average Bonchev–Trinajstić information content (AvgIpc) is 3.40. The summed E-state index contributed by atoms with van der Waals surface area (Å²) in [5.41, 5.74) is 4.22. The molecule has 0 bridgehead atoms. The third kappa shape index (κ3) is 8.88. The van der Waals surface area contributed by atoms with E-state index in [0.717, 1.165) is 36.1 Å². The number of aromatic nitrogens is 2. The smallest absolute Gasteiger partial charge is 0.388 e. The first-order valence-electron chi connectivity index (χ1n) is 13.0. The molecule has 0 amide bonds. The van der Waals surface area contributed by atoms with Gasteiger partial charge >= 0.3 is 7.82 Å². The number of aliphatic hydroxyl groups excluding tert-OH is 1. The second-order valence-electron chi connectivity index (χ2n) is 8.91. The van der Waals surface area contributed by atoms with Crippen LogP contribution < -0.4 is 5.32 Å². The molecule has 4 N–H and O–H groups in total. The molecule has 9 nitrogen and oxygen atoms in total. The number of hydrogen-bond donors (Lipinski definition) is 4. The Morgan fingerprint density at radius 2 is 1.77 bits per heavy atom. The van der Waals surface area contributed by atoms with E-state index >= 15 is 0 Å². The predicted octanol–water partition coefficient (Wildman–Crippen LogP) is 4.52. The van der Waals surface area contributed by atoms with Gasteiger partial charge in [-0.05, 0) is 47.6 Å². The quantitative estimate of drug-likeness (QED) is 0.164. The van der Waals surface area contributed by atoms with Crippen LogP contribution in [-0.2, 0) is 15.7 Å². The molecule has 0 saturated heterocycles. The Hall–Kier alpha value is -3.27. The lowest BCUT2D eigenvalue weighted by Gasteiger charge is -2.36. The van der Waals surface area contributed by atoms with Gasteiger partial charge in [0.2, 0.25) is 0 Å². The van der Waals surface area contributed by atoms with E-state index in [1.165, 1.54) is 16.3 Å². The molecule has 0 spiro atoms. The topological polar surface area (TPSA) is 141 Å². The number of nitrogens with zero attached hydrogens (tertiary/aromatic N) is 3. The van der Waals surface area contributed by atoms with Gasteiger partial charge in [0.1, 0.15) is 18.5 Å². The molecule has 1 aromatic heterocycles. The second kappa shape index (κ2) is 14.8. The average molecular weight is 551 g/mol. The molecule has 1 fully saturated rings. The fourth-order valence-corrected chi connectivity index (χ4v) is 4.69. The molecule has 10 heteroatoms. The first-order chi connectivity index (χ1) is 18.9. The number of benzene rings is 2. The third-order valence-corrected chi connectivity index (χ3v) is 6.90. The molecule has 4 rings (SSSR count). The van der Waals surface area contributed by atoms with Crippen molar-refractivity contribution in [3.63, 3.8) is 0 Å². The van der Waals surface area contributed by atoms with Crippen molar-refractivity contribution in [2.24, 2.45) is 0 Å². The van der Waals surface area contributed by atoms with Crippen molar-refractivity contribution < 1.29 is 24.0 Å². The number of imidazole rings is 1. The first kappa shape index (κ1) is 30.3. The lowest BCUT2D eigenvalue weighted by molar-refractivity contribution is 0.179. The zero-order valence-corrected chi connectivity index (χ0v) is 23.1. The summed E-state index contributed by atoms with van der Waals surface area (Å²) in [7, 11) is -4.68. The molecular weight excluding hydrogens is 515 g/mol. The monoisotopic (exact) mass is 550 g/mol. The van der Waals surface area contributed by atoms with Crippen molar-refractivity contribution in [2.75, 3.05) is 13.2 Å². The summed E-state index contributed by atoms with van der Waals surface area (Å²) in [6.07, 6.45) is 5.79. The highest BCUT2D eigenvalue weighted by molar-refractivity contribution is 7.46. The second-order valence-corrected chi connectivity index (χ2v) is 10.1. The van der Waals surface area contributed by atoms with E-state index in [2.05, 4.69) is 57.0 Å². The standard InChI is InChI=1S/C27H29N4O5P.C2H6/c28-12-1-13-29-25-16-24(17-25)23-9-7-22(8-10-23)21-5-2-20(3-6-21)4-11-26(19-36-37(33,34)35)31-15-14-30-27(31)18-32;1-2/h2-3,5-10,14-15,24-26,29,32H,1,13,16-19H2,(H2,33,34,35);1-2H3. The number of hydrogen-bond acceptors (Lipinski definition) is 6. The van der Waals surface area contributed by atoms with E-state index < -0.39 is 13.9 Å². The minimum atomic E-state index is -4.68. The van der Waals surface area contributed by atoms with Crippen LogP contribution in [0.2, 0.25) is 0 Å². The van der Waals surface area contributed by atoms with E-state index in [-0.39, 0.29) is 13.2 Å². The van der Waals surface area contributed by atoms with Crippen LogP contribution in [0.25, 0.3) is 11.1 Å². The summed E-state index contributed by atoms with van der Waals surface area (Å²) in [5, 5.41) is 21.5. The number of aliphatic hydroxyl groups is 1. The lowest BCUT2D eigenvalue weighted by atomic mass is 9.75. The molecule has 39 heavy (non-hydrogen) atoms. The van der Waals surface area contributed by atoms with E-state index in [1.54, 1.807) is 6.20 Å². The normalized spacial score (nSPS) is 17.0. The van der Waals surface area contributed by atoms with E-state index in [4.69, 9.17) is 15.0 Å². The van der Waals surface area contributed by atoms with Gasteiger partial charge in [-0.2, -0.15) is 5.26 Å². The van der Waals surface area contributed by atoms with Crippen LogP contribution in [-0.4, -0.2) is 43.6 Å². The number of nitrogens with one attached hydrogen (secondary N) is 1. The molecular formula is C29H35N4O5P. The summed E-state index contributed by atoms with van der Waals surface area (Å²) in [6, 6.07) is 18.3. The molecule has 0 aliphatic heterocycles. The van der Waals surface area contributed by atoms with Crippen molar-refractivity contribution in [1.82, 2.24) is 14.9 Å². The predicted molar refractivity (Wildman–Crippen MR) is 149 cm³/mol. The summed E-state index contributed by atoms with van der Waals surface area (Å²) < 4.78 is 17.4. The Labute approximate surface area is 229 Å². The van der Waals surface area contributed by atoms with Crippen molar-refractivity contribution in [3.05, 3.63) is 77.9 Å². The zero-order chi connectivity index (χ0) is 28.3. The number of nitriles is 1. The van der Waals surface area contributed by atoms with Gasteiger partial charge in [-0.25, -0.2) is 9.55 Å². The van der Waals surface area contributed by atoms with Gasteiger partial charge in [0.15, 0.2) is 0 Å². The highest BCUT2D eigenvalue weighted by Crippen LogP contribution is 2.38. The SMILES string of the molecule is CC.N#CCCNC1CC(c2ccc(-c3ccc(C#CC(COP(=O)(O)O)n4ccnc4CO)cc3)cc2)C1. The van der Waals surface area contributed by atoms with Gasteiger partial charge in [-0.1, -0.05) is 62.1 Å². The Bertz CT molecular complexity index is 1330. The van der Waals surface area contributed by atoms with Gasteiger partial charge in [0.25, 0.3) is 0 Å². The van der Waals surface area contributed by atoms with Crippen LogP contribution >= 0.6 is 7.82 Å². The molecule has 3 aromatic rings. The summed E-state index contributed by atoms with van der Waals surface area (Å²) in [5.74, 6) is 6.86. The van der Waals surface area contributed by atoms with Crippen LogP contribution in [0.1, 0.15) is 62.0 Å². The summed E-state index contributed by atoms with van der Waals surface area (Å²) in [4.78, 5) is 22.2. The third-order valence-electron chi connectivity index (χ3n) is 6.42. The van der Waals surface area contributed by atoms with Crippen molar-refractivity contribution in [1.29, 1.82) is 5.26 Å². The van der Waals surface area contributed by atoms with Crippen molar-refractivity contribution >= 4 is 7.82 Å². The van der Waals surface area contributed by atoms with Crippen molar-refractivity contribution in [2.45, 2.75) is 57.7 Å². The summed E-state index contributed by atoms with van der Waals surface area (Å²) in [6.45, 7) is 4.06. The van der Waals surface area contributed by atoms with E-state index in [0.29, 0.717) is 24.2 Å². The summed E-state index contributed by atoms with van der Waals surface area (Å²) >= 11 is 0. The fraction of sp³-hybridized carbons (Fsp3) is 0.379. The van der Waals surface area contributed by atoms with Gasteiger partial charge in [0, 0.05) is 37.0 Å². The maximum absolute atomic E-state index is 11.2.